The van der Waals surface area contributed by atoms with E-state index in [9.17, 15) is 4.79 Å². The molecule has 0 aliphatic carbocycles. The quantitative estimate of drug-likeness (QED) is 0.663. The van der Waals surface area contributed by atoms with Crippen molar-refractivity contribution in [1.29, 1.82) is 0 Å². The first-order chi connectivity index (χ1) is 12.9. The molecule has 27 heavy (non-hydrogen) atoms. The molecule has 0 bridgehead atoms. The molecule has 0 spiro atoms. The highest BCUT2D eigenvalue weighted by atomic mass is 16.5. The van der Waals surface area contributed by atoms with E-state index in [-0.39, 0.29) is 12.5 Å². The van der Waals surface area contributed by atoms with E-state index in [1.54, 1.807) is 19.2 Å². The first-order valence-electron chi connectivity index (χ1n) is 8.38. The van der Waals surface area contributed by atoms with Crippen molar-refractivity contribution in [3.63, 3.8) is 0 Å². The van der Waals surface area contributed by atoms with Crippen LogP contribution in [-0.2, 0) is 0 Å². The van der Waals surface area contributed by atoms with Gasteiger partial charge in [0.15, 0.2) is 11.5 Å². The number of likely N-dealkylation sites (N-methyl/N-ethyl adjacent to an activating group) is 1. The number of rotatable bonds is 8. The fourth-order valence-electron chi connectivity index (χ4n) is 2.62. The Hall–Kier alpha value is -3.15. The van der Waals surface area contributed by atoms with Gasteiger partial charge >= 0.3 is 0 Å². The number of methoxy groups -OCH3 is 3. The average Bonchev–Trinajstić information content (AvgIpc) is 2.67. The molecule has 0 aliphatic heterocycles. The predicted molar refractivity (Wildman–Crippen MR) is 104 cm³/mol. The molecule has 1 amide bonds. The lowest BCUT2D eigenvalue weighted by Crippen LogP contribution is -2.29. The van der Waals surface area contributed by atoms with E-state index < -0.39 is 0 Å². The van der Waals surface area contributed by atoms with Crippen LogP contribution in [0.2, 0.25) is 0 Å². The Morgan fingerprint density at radius 2 is 1.59 bits per heavy atom. The summed E-state index contributed by atoms with van der Waals surface area (Å²) in [6, 6.07) is 10.9. The number of hydrogen-bond acceptors (Lipinski definition) is 5. The SMILES string of the molecule is C=C(CN(C)C(=O)c1cc(OC)c(OC)c(OC)c1)Oc1ccccc1C. The molecule has 0 aromatic heterocycles. The van der Waals surface area contributed by atoms with Gasteiger partial charge in [0.1, 0.15) is 11.5 Å². The zero-order valence-corrected chi connectivity index (χ0v) is 16.4. The highest BCUT2D eigenvalue weighted by Crippen LogP contribution is 2.38. The smallest absolute Gasteiger partial charge is 0.254 e. The number of amides is 1. The van der Waals surface area contributed by atoms with Crippen molar-refractivity contribution in [3.05, 3.63) is 59.9 Å². The summed E-state index contributed by atoms with van der Waals surface area (Å²) in [5.74, 6) is 2.24. The van der Waals surface area contributed by atoms with Gasteiger partial charge in [-0.2, -0.15) is 0 Å². The molecule has 0 unspecified atom stereocenters. The molecular weight excluding hydrogens is 346 g/mol. The van der Waals surface area contributed by atoms with Crippen molar-refractivity contribution >= 4 is 5.91 Å². The zero-order chi connectivity index (χ0) is 20.0. The van der Waals surface area contributed by atoms with Gasteiger partial charge in [-0.15, -0.1) is 0 Å². The van der Waals surface area contributed by atoms with Crippen LogP contribution in [0.3, 0.4) is 0 Å². The van der Waals surface area contributed by atoms with Crippen LogP contribution in [0.4, 0.5) is 0 Å². The predicted octanol–water partition coefficient (Wildman–Crippen LogP) is 3.69. The first-order valence-corrected chi connectivity index (χ1v) is 8.38. The number of nitrogens with zero attached hydrogens (tertiary/aromatic N) is 1. The number of benzene rings is 2. The first kappa shape index (κ1) is 20.2. The maximum atomic E-state index is 12.8. The summed E-state index contributed by atoms with van der Waals surface area (Å²) in [7, 11) is 6.21. The van der Waals surface area contributed by atoms with Gasteiger partial charge < -0.3 is 23.8 Å². The van der Waals surface area contributed by atoms with Crippen LogP contribution in [0, 0.1) is 6.92 Å². The van der Waals surface area contributed by atoms with Gasteiger partial charge in [-0.1, -0.05) is 24.8 Å². The largest absolute Gasteiger partial charge is 0.493 e. The molecule has 2 rings (SSSR count). The standard InChI is InChI=1S/C21H25NO5/c1-14-9-7-8-10-17(14)27-15(2)13-22(3)21(23)16-11-18(24-4)20(26-6)19(12-16)25-5/h7-12H,2,13H2,1,3-6H3. The molecule has 144 valence electrons. The Labute approximate surface area is 159 Å². The summed E-state index contributed by atoms with van der Waals surface area (Å²) in [6.07, 6.45) is 0. The lowest BCUT2D eigenvalue weighted by Gasteiger charge is -2.21. The average molecular weight is 371 g/mol. The highest BCUT2D eigenvalue weighted by Gasteiger charge is 2.20. The number of carbonyl (C=O) groups excluding carboxylic acids is 1. The molecule has 0 saturated carbocycles. The van der Waals surface area contributed by atoms with Crippen LogP contribution in [0.25, 0.3) is 0 Å². The molecule has 2 aromatic rings. The summed E-state index contributed by atoms with van der Waals surface area (Å²) in [5, 5.41) is 0. The molecular formula is C21H25NO5. The molecule has 0 aliphatic rings. The van der Waals surface area contributed by atoms with Crippen LogP contribution in [0.1, 0.15) is 15.9 Å². The van der Waals surface area contributed by atoms with Gasteiger partial charge in [0, 0.05) is 12.6 Å². The molecule has 0 saturated heterocycles. The van der Waals surface area contributed by atoms with E-state index >= 15 is 0 Å². The number of carbonyl (C=O) groups is 1. The monoisotopic (exact) mass is 371 g/mol. The summed E-state index contributed by atoms with van der Waals surface area (Å²) in [6.45, 7) is 6.11. The normalized spacial score (nSPS) is 10.1. The minimum absolute atomic E-state index is 0.219. The molecule has 0 heterocycles. The Kier molecular flexibility index (Phi) is 6.71. The van der Waals surface area contributed by atoms with Gasteiger partial charge in [0.25, 0.3) is 5.91 Å². The van der Waals surface area contributed by atoms with Crippen LogP contribution in [0.5, 0.6) is 23.0 Å². The van der Waals surface area contributed by atoms with Crippen molar-refractivity contribution in [1.82, 2.24) is 4.90 Å². The Morgan fingerprint density at radius 1 is 1.00 bits per heavy atom. The second-order valence-corrected chi connectivity index (χ2v) is 5.98. The minimum atomic E-state index is -0.219. The van der Waals surface area contributed by atoms with Crippen molar-refractivity contribution in [2.75, 3.05) is 34.9 Å². The summed E-state index contributed by atoms with van der Waals surface area (Å²) in [4.78, 5) is 14.3. The number of aryl methyl sites for hydroxylation is 1. The molecule has 6 heteroatoms. The third kappa shape index (κ3) is 4.73. The second-order valence-electron chi connectivity index (χ2n) is 5.98. The minimum Gasteiger partial charge on any atom is -0.493 e. The van der Waals surface area contributed by atoms with Crippen molar-refractivity contribution in [3.8, 4) is 23.0 Å². The molecule has 0 atom stereocenters. The summed E-state index contributed by atoms with van der Waals surface area (Å²) < 4.78 is 21.7. The second kappa shape index (κ2) is 8.98. The number of para-hydroxylation sites is 1. The Bertz CT molecular complexity index is 806. The topological polar surface area (TPSA) is 57.2 Å². The van der Waals surface area contributed by atoms with E-state index in [4.69, 9.17) is 18.9 Å². The van der Waals surface area contributed by atoms with Crippen molar-refractivity contribution < 1.29 is 23.7 Å². The lowest BCUT2D eigenvalue weighted by molar-refractivity contribution is 0.0794. The third-order valence-corrected chi connectivity index (χ3v) is 4.02. The molecule has 0 N–H and O–H groups in total. The highest BCUT2D eigenvalue weighted by molar-refractivity contribution is 5.95. The zero-order valence-electron chi connectivity index (χ0n) is 16.4. The van der Waals surface area contributed by atoms with E-state index in [0.29, 0.717) is 28.6 Å². The van der Waals surface area contributed by atoms with Crippen molar-refractivity contribution in [2.45, 2.75) is 6.92 Å². The summed E-state index contributed by atoms with van der Waals surface area (Å²) in [5.41, 5.74) is 1.41. The van der Waals surface area contributed by atoms with Crippen LogP contribution < -0.4 is 18.9 Å². The van der Waals surface area contributed by atoms with Gasteiger partial charge in [-0.05, 0) is 30.7 Å². The Morgan fingerprint density at radius 3 is 2.11 bits per heavy atom. The van der Waals surface area contributed by atoms with Gasteiger partial charge in [0.05, 0.1) is 27.9 Å². The fraction of sp³-hybridized carbons (Fsp3) is 0.286. The third-order valence-electron chi connectivity index (χ3n) is 4.02. The fourth-order valence-corrected chi connectivity index (χ4v) is 2.62. The van der Waals surface area contributed by atoms with Crippen LogP contribution >= 0.6 is 0 Å². The van der Waals surface area contributed by atoms with Gasteiger partial charge in [0.2, 0.25) is 5.75 Å². The Balaban J connectivity index is 2.15. The van der Waals surface area contributed by atoms with E-state index in [1.807, 2.05) is 31.2 Å². The van der Waals surface area contributed by atoms with Crippen LogP contribution in [-0.4, -0.2) is 45.7 Å². The maximum absolute atomic E-state index is 12.8. The van der Waals surface area contributed by atoms with Gasteiger partial charge in [-0.3, -0.25) is 4.79 Å². The number of hydrogen-bond donors (Lipinski definition) is 0. The van der Waals surface area contributed by atoms with Crippen molar-refractivity contribution in [2.24, 2.45) is 0 Å². The molecule has 0 radical (unpaired) electrons. The molecule has 6 nitrogen and oxygen atoms in total. The summed E-state index contributed by atoms with van der Waals surface area (Å²) >= 11 is 0. The lowest BCUT2D eigenvalue weighted by atomic mass is 10.1. The number of ether oxygens (including phenoxy) is 4. The van der Waals surface area contributed by atoms with E-state index in [0.717, 1.165) is 11.3 Å². The van der Waals surface area contributed by atoms with Crippen LogP contribution in [0.15, 0.2) is 48.7 Å². The molecule has 2 aromatic carbocycles. The molecule has 0 fully saturated rings. The van der Waals surface area contributed by atoms with Gasteiger partial charge in [-0.25, -0.2) is 0 Å². The van der Waals surface area contributed by atoms with E-state index in [1.165, 1.54) is 26.2 Å². The maximum Gasteiger partial charge on any atom is 0.254 e. The van der Waals surface area contributed by atoms with E-state index in [2.05, 4.69) is 6.58 Å².